The van der Waals surface area contributed by atoms with Crippen molar-refractivity contribution in [2.45, 2.75) is 12.4 Å². The molecule has 0 saturated heterocycles. The van der Waals surface area contributed by atoms with Crippen LogP contribution in [0.5, 0.6) is 5.88 Å². The highest BCUT2D eigenvalue weighted by Gasteiger charge is 2.13. The van der Waals surface area contributed by atoms with Gasteiger partial charge in [0.15, 0.2) is 5.65 Å². The Morgan fingerprint density at radius 1 is 1.20 bits per heavy atom. The molecule has 0 amide bonds. The van der Waals surface area contributed by atoms with Gasteiger partial charge in [0.05, 0.1) is 25.2 Å². The molecule has 5 nitrogen and oxygen atoms in total. The zero-order valence-electron chi connectivity index (χ0n) is 11.0. The summed E-state index contributed by atoms with van der Waals surface area (Å²) in [6.45, 7) is 0.583. The van der Waals surface area contributed by atoms with Crippen molar-refractivity contribution >= 4 is 22.8 Å². The Balaban J connectivity index is 2.11. The number of hydrogen-bond donors (Lipinski definition) is 0. The minimum Gasteiger partial charge on any atom is -0.481 e. The number of ether oxygens (including phenoxy) is 1. The van der Waals surface area contributed by atoms with Crippen molar-refractivity contribution in [2.75, 3.05) is 7.11 Å². The van der Waals surface area contributed by atoms with Crippen molar-refractivity contribution in [2.24, 2.45) is 0 Å². The highest BCUT2D eigenvalue weighted by atomic mass is 35.5. The fraction of sp³-hybridized carbons (Fsp3) is 0.214. The molecule has 3 rings (SSSR count). The summed E-state index contributed by atoms with van der Waals surface area (Å²) in [6, 6.07) is 9.48. The number of alkyl halides is 1. The Morgan fingerprint density at radius 3 is 2.80 bits per heavy atom. The van der Waals surface area contributed by atoms with Gasteiger partial charge < -0.3 is 9.30 Å². The lowest BCUT2D eigenvalue weighted by atomic mass is 10.3. The third-order valence-electron chi connectivity index (χ3n) is 3.02. The van der Waals surface area contributed by atoms with E-state index in [-0.39, 0.29) is 0 Å². The number of pyridine rings is 2. The number of rotatable bonds is 4. The van der Waals surface area contributed by atoms with E-state index in [1.165, 1.54) is 0 Å². The highest BCUT2D eigenvalue weighted by Crippen LogP contribution is 2.20. The van der Waals surface area contributed by atoms with E-state index in [0.717, 1.165) is 22.7 Å². The predicted octanol–water partition coefficient (Wildman–Crippen LogP) is 2.62. The van der Waals surface area contributed by atoms with Gasteiger partial charge in [0.25, 0.3) is 0 Å². The van der Waals surface area contributed by atoms with Crippen LogP contribution in [0.15, 0.2) is 36.5 Å². The third kappa shape index (κ3) is 2.32. The van der Waals surface area contributed by atoms with Crippen LogP contribution in [0.3, 0.4) is 0 Å². The van der Waals surface area contributed by atoms with E-state index in [4.69, 9.17) is 16.3 Å². The smallest absolute Gasteiger partial charge is 0.215 e. The summed E-state index contributed by atoms with van der Waals surface area (Å²) >= 11 is 5.98. The number of methoxy groups -OCH3 is 1. The molecule has 3 aromatic heterocycles. The fourth-order valence-electron chi connectivity index (χ4n) is 2.07. The molecule has 6 heteroatoms. The molecular formula is C14H13ClN4O. The van der Waals surface area contributed by atoms with Gasteiger partial charge >= 0.3 is 0 Å². The van der Waals surface area contributed by atoms with Gasteiger partial charge in [-0.15, -0.1) is 11.6 Å². The molecule has 3 heterocycles. The lowest BCUT2D eigenvalue weighted by Gasteiger charge is -2.07. The molecule has 0 aromatic carbocycles. The third-order valence-corrected chi connectivity index (χ3v) is 3.26. The van der Waals surface area contributed by atoms with Gasteiger partial charge in [0.2, 0.25) is 5.88 Å². The van der Waals surface area contributed by atoms with Gasteiger partial charge in [-0.3, -0.25) is 4.98 Å². The lowest BCUT2D eigenvalue weighted by molar-refractivity contribution is 0.399. The number of nitrogens with zero attached hydrogens (tertiary/aromatic N) is 4. The summed E-state index contributed by atoms with van der Waals surface area (Å²) in [5.74, 6) is 1.65. The molecule has 0 fully saturated rings. The van der Waals surface area contributed by atoms with Gasteiger partial charge in [-0.05, 0) is 18.2 Å². The SMILES string of the molecule is COc1ccc2nc(CCl)n(Cc3ccccn3)c2n1. The van der Waals surface area contributed by atoms with E-state index < -0.39 is 0 Å². The summed E-state index contributed by atoms with van der Waals surface area (Å²) < 4.78 is 7.14. The second-order valence-corrected chi connectivity index (χ2v) is 4.53. The van der Waals surface area contributed by atoms with Crippen molar-refractivity contribution in [3.8, 4) is 5.88 Å². The van der Waals surface area contributed by atoms with Gasteiger partial charge in [-0.2, -0.15) is 4.98 Å². The quantitative estimate of drug-likeness (QED) is 0.693. The fourth-order valence-corrected chi connectivity index (χ4v) is 2.27. The molecule has 20 heavy (non-hydrogen) atoms. The summed E-state index contributed by atoms with van der Waals surface area (Å²) in [5, 5.41) is 0. The minimum absolute atomic E-state index is 0.325. The van der Waals surface area contributed by atoms with Crippen LogP contribution in [-0.2, 0) is 12.4 Å². The largest absolute Gasteiger partial charge is 0.481 e. The molecule has 0 saturated carbocycles. The van der Waals surface area contributed by atoms with Crippen LogP contribution in [0, 0.1) is 0 Å². The van der Waals surface area contributed by atoms with Gasteiger partial charge in [-0.25, -0.2) is 4.98 Å². The maximum Gasteiger partial charge on any atom is 0.215 e. The molecule has 102 valence electrons. The zero-order valence-corrected chi connectivity index (χ0v) is 11.7. The first-order valence-electron chi connectivity index (χ1n) is 6.18. The first-order valence-corrected chi connectivity index (χ1v) is 6.71. The van der Waals surface area contributed by atoms with Crippen LogP contribution in [0.1, 0.15) is 11.5 Å². The number of imidazole rings is 1. The van der Waals surface area contributed by atoms with Gasteiger partial charge in [0, 0.05) is 12.3 Å². The first-order chi connectivity index (χ1) is 9.81. The minimum atomic E-state index is 0.325. The van der Waals surface area contributed by atoms with Crippen molar-refractivity contribution in [3.05, 3.63) is 48.0 Å². The normalized spacial score (nSPS) is 10.9. The van der Waals surface area contributed by atoms with E-state index in [1.54, 1.807) is 19.4 Å². The summed E-state index contributed by atoms with van der Waals surface area (Å²) in [4.78, 5) is 13.3. The average molecular weight is 289 g/mol. The first kappa shape index (κ1) is 12.9. The summed E-state index contributed by atoms with van der Waals surface area (Å²) in [5.41, 5.74) is 2.49. The lowest BCUT2D eigenvalue weighted by Crippen LogP contribution is -2.06. The number of hydrogen-bond acceptors (Lipinski definition) is 4. The molecule has 0 atom stereocenters. The van der Waals surface area contributed by atoms with Crippen molar-refractivity contribution < 1.29 is 4.74 Å². The Morgan fingerprint density at radius 2 is 2.10 bits per heavy atom. The van der Waals surface area contributed by atoms with Crippen LogP contribution in [-0.4, -0.2) is 26.6 Å². The average Bonchev–Trinajstić information content (AvgIpc) is 2.85. The van der Waals surface area contributed by atoms with Crippen LogP contribution < -0.4 is 4.74 Å². The van der Waals surface area contributed by atoms with Gasteiger partial charge in [0.1, 0.15) is 11.3 Å². The molecule has 0 aliphatic rings. The Labute approximate surface area is 121 Å². The van der Waals surface area contributed by atoms with Crippen molar-refractivity contribution in [3.63, 3.8) is 0 Å². The molecule has 0 unspecified atom stereocenters. The van der Waals surface area contributed by atoms with Crippen LogP contribution >= 0.6 is 11.6 Å². The van der Waals surface area contributed by atoms with Crippen LogP contribution in [0.25, 0.3) is 11.2 Å². The van der Waals surface area contributed by atoms with E-state index in [1.807, 2.05) is 28.8 Å². The predicted molar refractivity (Wildman–Crippen MR) is 77.0 cm³/mol. The Kier molecular flexibility index (Phi) is 3.52. The molecule has 0 spiro atoms. The summed E-state index contributed by atoms with van der Waals surface area (Å²) in [7, 11) is 1.59. The number of aromatic nitrogens is 4. The molecular weight excluding hydrogens is 276 g/mol. The maximum atomic E-state index is 5.98. The molecule has 3 aromatic rings. The molecule has 0 aliphatic heterocycles. The topological polar surface area (TPSA) is 52.8 Å². The molecule has 0 aliphatic carbocycles. The zero-order chi connectivity index (χ0) is 13.9. The van der Waals surface area contributed by atoms with Crippen molar-refractivity contribution in [1.29, 1.82) is 0 Å². The van der Waals surface area contributed by atoms with E-state index in [2.05, 4.69) is 15.0 Å². The standard InChI is InChI=1S/C14H13ClN4O/c1-20-13-6-5-11-14(18-13)19(12(8-15)17-11)9-10-4-2-3-7-16-10/h2-7H,8-9H2,1H3. The molecule has 0 N–H and O–H groups in total. The number of fused-ring (bicyclic) bond motifs is 1. The highest BCUT2D eigenvalue weighted by molar-refractivity contribution is 6.16. The van der Waals surface area contributed by atoms with Crippen molar-refractivity contribution in [1.82, 2.24) is 19.5 Å². The van der Waals surface area contributed by atoms with E-state index >= 15 is 0 Å². The monoisotopic (exact) mass is 288 g/mol. The van der Waals surface area contributed by atoms with Crippen LogP contribution in [0.2, 0.25) is 0 Å². The van der Waals surface area contributed by atoms with Gasteiger partial charge in [-0.1, -0.05) is 6.07 Å². The Hall–Kier alpha value is -2.14. The number of halogens is 1. The molecule has 0 bridgehead atoms. The van der Waals surface area contributed by atoms with E-state index in [0.29, 0.717) is 18.3 Å². The summed E-state index contributed by atoms with van der Waals surface area (Å²) in [6.07, 6.45) is 1.77. The maximum absolute atomic E-state index is 5.98. The second-order valence-electron chi connectivity index (χ2n) is 4.27. The van der Waals surface area contributed by atoms with Crippen LogP contribution in [0.4, 0.5) is 0 Å². The van der Waals surface area contributed by atoms with E-state index in [9.17, 15) is 0 Å². The molecule has 0 radical (unpaired) electrons. The second kappa shape index (κ2) is 5.46. The Bertz CT molecular complexity index is 727.